The molecule has 0 rings (SSSR count). The van der Waals surface area contributed by atoms with Gasteiger partial charge in [0.25, 0.3) is 0 Å². The van der Waals surface area contributed by atoms with Crippen molar-refractivity contribution in [1.29, 1.82) is 0 Å². The summed E-state index contributed by atoms with van der Waals surface area (Å²) in [6, 6.07) is -0.839. The van der Waals surface area contributed by atoms with Crippen molar-refractivity contribution >= 4 is 25.0 Å². The van der Waals surface area contributed by atoms with E-state index in [1.54, 1.807) is 0 Å². The molecule has 0 bridgehead atoms. The molecule has 10 heavy (non-hydrogen) atoms. The van der Waals surface area contributed by atoms with Crippen molar-refractivity contribution in [3.63, 3.8) is 0 Å². The van der Waals surface area contributed by atoms with Crippen LogP contribution >= 0.6 is 12.6 Å². The lowest BCUT2D eigenvalue weighted by Crippen LogP contribution is -2.46. The Kier molecular flexibility index (Phi) is 4.69. The summed E-state index contributed by atoms with van der Waals surface area (Å²) in [4.78, 5) is 19.8. The molecule has 1 atom stereocenters. The predicted molar refractivity (Wildman–Crippen MR) is 37.6 cm³/mol. The van der Waals surface area contributed by atoms with Crippen molar-refractivity contribution in [1.82, 2.24) is 10.9 Å². The van der Waals surface area contributed by atoms with Crippen molar-refractivity contribution in [2.45, 2.75) is 6.04 Å². The van der Waals surface area contributed by atoms with Crippen LogP contribution < -0.4 is 10.9 Å². The van der Waals surface area contributed by atoms with Crippen molar-refractivity contribution < 1.29 is 14.7 Å². The van der Waals surface area contributed by atoms with E-state index in [2.05, 4.69) is 18.1 Å². The molecule has 0 aromatic carbocycles. The minimum absolute atomic E-state index is 0.121. The molecular weight excluding hydrogens is 156 g/mol. The number of nitrogens with one attached hydrogen (secondary N) is 2. The van der Waals surface area contributed by atoms with Crippen LogP contribution in [0, 0.1) is 0 Å². The number of hydrogen-bond donors (Lipinski definition) is 4. The summed E-state index contributed by atoms with van der Waals surface area (Å²) in [5, 5.41) is 8.33. The third-order valence-corrected chi connectivity index (χ3v) is 1.16. The maximum absolute atomic E-state index is 10.2. The van der Waals surface area contributed by atoms with E-state index in [4.69, 9.17) is 5.11 Å². The van der Waals surface area contributed by atoms with Gasteiger partial charge in [-0.05, 0) is 0 Å². The number of aliphatic carboxylic acids is 1. The van der Waals surface area contributed by atoms with E-state index >= 15 is 0 Å². The van der Waals surface area contributed by atoms with Crippen molar-refractivity contribution in [3.05, 3.63) is 0 Å². The van der Waals surface area contributed by atoms with Crippen LogP contribution in [0.3, 0.4) is 0 Å². The molecule has 1 amide bonds. The first-order chi connectivity index (χ1) is 4.72. The zero-order valence-corrected chi connectivity index (χ0v) is 5.97. The van der Waals surface area contributed by atoms with E-state index in [9.17, 15) is 9.59 Å². The Morgan fingerprint density at radius 3 is 2.70 bits per heavy atom. The highest BCUT2D eigenvalue weighted by Gasteiger charge is 2.12. The number of carbonyl (C=O) groups is 2. The Hall–Kier alpha value is -0.750. The van der Waals surface area contributed by atoms with Gasteiger partial charge in [0.2, 0.25) is 6.41 Å². The molecule has 0 aliphatic heterocycles. The van der Waals surface area contributed by atoms with Gasteiger partial charge in [0.1, 0.15) is 6.04 Å². The maximum atomic E-state index is 10.2. The maximum Gasteiger partial charge on any atom is 0.323 e. The first kappa shape index (κ1) is 9.25. The van der Waals surface area contributed by atoms with Gasteiger partial charge in [-0.25, -0.2) is 5.43 Å². The van der Waals surface area contributed by atoms with E-state index in [-0.39, 0.29) is 5.75 Å². The standard InChI is InChI=1S/C4H8N2O3S/c7-2-5-6-3(1-10)4(8)9/h2-3,6,10H,1H2,(H,5,7)(H,8,9)/t3-/m0/s1. The van der Waals surface area contributed by atoms with Gasteiger partial charge in [0.15, 0.2) is 0 Å². The summed E-state index contributed by atoms with van der Waals surface area (Å²) >= 11 is 3.73. The topological polar surface area (TPSA) is 78.4 Å². The number of carboxylic acid groups (broad SMARTS) is 1. The molecule has 3 N–H and O–H groups in total. The fourth-order valence-corrected chi connectivity index (χ4v) is 0.568. The van der Waals surface area contributed by atoms with E-state index in [0.29, 0.717) is 6.41 Å². The van der Waals surface area contributed by atoms with Crippen LogP contribution in [-0.4, -0.2) is 29.3 Å². The summed E-state index contributed by atoms with van der Waals surface area (Å²) in [6.45, 7) is 0. The Bertz CT molecular complexity index is 130. The van der Waals surface area contributed by atoms with Crippen LogP contribution in [0.1, 0.15) is 0 Å². The number of carbonyl (C=O) groups excluding carboxylic acids is 1. The van der Waals surface area contributed by atoms with Gasteiger partial charge in [0, 0.05) is 5.75 Å². The molecule has 58 valence electrons. The van der Waals surface area contributed by atoms with Gasteiger partial charge in [-0.15, -0.1) is 0 Å². The minimum Gasteiger partial charge on any atom is -0.480 e. The Morgan fingerprint density at radius 2 is 2.40 bits per heavy atom. The number of rotatable bonds is 5. The monoisotopic (exact) mass is 164 g/mol. The van der Waals surface area contributed by atoms with Crippen LogP contribution in [-0.2, 0) is 9.59 Å². The first-order valence-electron chi connectivity index (χ1n) is 2.50. The molecule has 0 heterocycles. The lowest BCUT2D eigenvalue weighted by Gasteiger charge is -2.08. The molecule has 0 saturated carbocycles. The third kappa shape index (κ3) is 3.31. The summed E-state index contributed by atoms with van der Waals surface area (Å²) in [5.41, 5.74) is 4.24. The van der Waals surface area contributed by atoms with E-state index in [1.165, 1.54) is 0 Å². The number of carboxylic acids is 1. The van der Waals surface area contributed by atoms with Crippen LogP contribution in [0.5, 0.6) is 0 Å². The number of hydrogen-bond acceptors (Lipinski definition) is 4. The molecule has 0 aliphatic rings. The molecule has 0 fully saturated rings. The molecule has 0 spiro atoms. The Morgan fingerprint density at radius 1 is 1.80 bits per heavy atom. The number of thiol groups is 1. The lowest BCUT2D eigenvalue weighted by molar-refractivity contribution is -0.139. The molecule has 0 aromatic heterocycles. The van der Waals surface area contributed by atoms with Crippen LogP contribution in [0.15, 0.2) is 0 Å². The first-order valence-corrected chi connectivity index (χ1v) is 3.14. The van der Waals surface area contributed by atoms with Crippen LogP contribution in [0.25, 0.3) is 0 Å². The third-order valence-electron chi connectivity index (χ3n) is 0.797. The molecular formula is C4H8N2O3S. The summed E-state index contributed by atoms with van der Waals surface area (Å²) in [7, 11) is 0. The van der Waals surface area contributed by atoms with Gasteiger partial charge < -0.3 is 5.11 Å². The van der Waals surface area contributed by atoms with E-state index < -0.39 is 12.0 Å². The van der Waals surface area contributed by atoms with Gasteiger partial charge in [-0.2, -0.15) is 12.6 Å². The average Bonchev–Trinajstić information content (AvgIpc) is 1.89. The second-order valence-corrected chi connectivity index (χ2v) is 1.85. The molecule has 0 saturated heterocycles. The second kappa shape index (κ2) is 5.07. The Balaban J connectivity index is 3.60. The predicted octanol–water partition coefficient (Wildman–Crippen LogP) is -1.38. The molecule has 5 nitrogen and oxygen atoms in total. The quantitative estimate of drug-likeness (QED) is 0.229. The highest BCUT2D eigenvalue weighted by Crippen LogP contribution is 1.84. The summed E-state index contributed by atoms with van der Waals surface area (Å²) < 4.78 is 0. The van der Waals surface area contributed by atoms with Gasteiger partial charge in [0.05, 0.1) is 0 Å². The van der Waals surface area contributed by atoms with E-state index in [1.807, 2.05) is 5.43 Å². The van der Waals surface area contributed by atoms with Gasteiger partial charge in [-0.3, -0.25) is 15.0 Å². The molecule has 0 radical (unpaired) electrons. The largest absolute Gasteiger partial charge is 0.480 e. The molecule has 6 heteroatoms. The average molecular weight is 164 g/mol. The van der Waals surface area contributed by atoms with Crippen LogP contribution in [0.2, 0.25) is 0 Å². The minimum atomic E-state index is -1.05. The zero-order chi connectivity index (χ0) is 7.98. The van der Waals surface area contributed by atoms with Crippen molar-refractivity contribution in [2.24, 2.45) is 0 Å². The van der Waals surface area contributed by atoms with Gasteiger partial charge >= 0.3 is 5.97 Å². The highest BCUT2D eigenvalue weighted by atomic mass is 32.1. The highest BCUT2D eigenvalue weighted by molar-refractivity contribution is 7.80. The van der Waals surface area contributed by atoms with Crippen molar-refractivity contribution in [2.75, 3.05) is 5.75 Å². The molecule has 0 aromatic rings. The molecule has 0 unspecified atom stereocenters. The molecule has 0 aliphatic carbocycles. The fraction of sp³-hybridized carbons (Fsp3) is 0.500. The Labute approximate surface area is 63.2 Å². The van der Waals surface area contributed by atoms with Crippen LogP contribution in [0.4, 0.5) is 0 Å². The second-order valence-electron chi connectivity index (χ2n) is 1.48. The van der Waals surface area contributed by atoms with Gasteiger partial charge in [-0.1, -0.05) is 0 Å². The van der Waals surface area contributed by atoms with E-state index in [0.717, 1.165) is 0 Å². The SMILES string of the molecule is O=CNN[C@@H](CS)C(=O)O. The van der Waals surface area contributed by atoms with Crippen molar-refractivity contribution in [3.8, 4) is 0 Å². The number of amides is 1. The smallest absolute Gasteiger partial charge is 0.323 e. The fourth-order valence-electron chi connectivity index (χ4n) is 0.320. The lowest BCUT2D eigenvalue weighted by atomic mass is 10.4. The zero-order valence-electron chi connectivity index (χ0n) is 5.07. The summed E-state index contributed by atoms with van der Waals surface area (Å²) in [5.74, 6) is -0.930. The summed E-state index contributed by atoms with van der Waals surface area (Å²) in [6.07, 6.45) is 0.360. The number of hydrazine groups is 1. The normalized spacial score (nSPS) is 12.1.